The molecule has 0 bridgehead atoms. The summed E-state index contributed by atoms with van der Waals surface area (Å²) in [6.07, 6.45) is 1.48. The molecule has 1 aromatic rings. The summed E-state index contributed by atoms with van der Waals surface area (Å²) in [6.45, 7) is 7.43. The van der Waals surface area contributed by atoms with Crippen LogP contribution in [-0.2, 0) is 14.3 Å². The number of carboxylic acids is 1. The zero-order valence-electron chi connectivity index (χ0n) is 14.6. The van der Waals surface area contributed by atoms with E-state index in [1.165, 1.54) is 6.92 Å². The maximum absolute atomic E-state index is 12.4. The zero-order valence-corrected chi connectivity index (χ0v) is 14.6. The molecule has 3 atom stereocenters. The first-order valence-corrected chi connectivity index (χ1v) is 8.09. The van der Waals surface area contributed by atoms with Gasteiger partial charge >= 0.3 is 5.97 Å². The molecule has 0 saturated heterocycles. The van der Waals surface area contributed by atoms with Crippen LogP contribution in [0.5, 0.6) is 0 Å². The number of carbonyl (C=O) groups excluding carboxylic acids is 1. The Labute approximate surface area is 137 Å². The number of rotatable bonds is 4. The molecule has 0 aliphatic heterocycles. The minimum atomic E-state index is -1.35. The minimum Gasteiger partial charge on any atom is -0.480 e. The number of aryl methyl sites for hydroxylation is 3. The van der Waals surface area contributed by atoms with E-state index in [0.29, 0.717) is 19.3 Å². The monoisotopic (exact) mass is 318 g/mol. The van der Waals surface area contributed by atoms with E-state index in [-0.39, 0.29) is 17.8 Å². The number of ketones is 1. The van der Waals surface area contributed by atoms with Gasteiger partial charge in [-0.05, 0) is 63.6 Å². The molecular formula is C19H26O4. The third-order valence-corrected chi connectivity index (χ3v) is 5.38. The van der Waals surface area contributed by atoms with Crippen molar-refractivity contribution in [2.75, 3.05) is 7.11 Å². The van der Waals surface area contributed by atoms with E-state index in [0.717, 1.165) is 22.3 Å². The summed E-state index contributed by atoms with van der Waals surface area (Å²) in [4.78, 5) is 24.5. The number of aliphatic carboxylic acids is 1. The third-order valence-electron chi connectivity index (χ3n) is 5.38. The van der Waals surface area contributed by atoms with Crippen LogP contribution in [0.3, 0.4) is 0 Å². The number of carbonyl (C=O) groups is 2. The molecule has 2 rings (SSSR count). The maximum atomic E-state index is 12.4. The molecular weight excluding hydrogens is 292 g/mol. The molecule has 1 fully saturated rings. The molecule has 1 N–H and O–H groups in total. The number of carboxylic acid groups (broad SMARTS) is 1. The van der Waals surface area contributed by atoms with Crippen LogP contribution >= 0.6 is 0 Å². The summed E-state index contributed by atoms with van der Waals surface area (Å²) in [6, 6.07) is 4.12. The van der Waals surface area contributed by atoms with E-state index in [4.69, 9.17) is 4.74 Å². The van der Waals surface area contributed by atoms with Gasteiger partial charge in [-0.1, -0.05) is 17.7 Å². The fourth-order valence-corrected chi connectivity index (χ4v) is 4.29. The molecule has 4 heteroatoms. The average Bonchev–Trinajstić information content (AvgIpc) is 2.45. The van der Waals surface area contributed by atoms with Crippen molar-refractivity contribution in [1.82, 2.24) is 0 Å². The van der Waals surface area contributed by atoms with Gasteiger partial charge in [0.05, 0.1) is 6.10 Å². The number of hydrogen-bond acceptors (Lipinski definition) is 3. The van der Waals surface area contributed by atoms with Crippen LogP contribution in [0.25, 0.3) is 0 Å². The number of methoxy groups -OCH3 is 1. The summed E-state index contributed by atoms with van der Waals surface area (Å²) >= 11 is 0. The van der Waals surface area contributed by atoms with Gasteiger partial charge in [0.15, 0.2) is 0 Å². The third kappa shape index (κ3) is 2.92. The Hall–Kier alpha value is -1.68. The van der Waals surface area contributed by atoms with Crippen molar-refractivity contribution in [3.63, 3.8) is 0 Å². The van der Waals surface area contributed by atoms with Crippen LogP contribution in [-0.4, -0.2) is 30.1 Å². The molecule has 1 aliphatic rings. The summed E-state index contributed by atoms with van der Waals surface area (Å²) in [7, 11) is 1.65. The molecule has 1 saturated carbocycles. The lowest BCUT2D eigenvalue weighted by Gasteiger charge is -2.43. The van der Waals surface area contributed by atoms with E-state index < -0.39 is 11.4 Å². The Balaban J connectivity index is 2.65. The number of Topliss-reactive ketones (excluding diaryl/α,β-unsaturated/α-hetero) is 1. The van der Waals surface area contributed by atoms with E-state index in [9.17, 15) is 14.7 Å². The van der Waals surface area contributed by atoms with Crippen LogP contribution in [0.2, 0.25) is 0 Å². The Morgan fingerprint density at radius 2 is 1.78 bits per heavy atom. The second kappa shape index (κ2) is 6.44. The molecule has 1 aromatic carbocycles. The van der Waals surface area contributed by atoms with Crippen molar-refractivity contribution in [3.8, 4) is 0 Å². The highest BCUT2D eigenvalue weighted by Gasteiger charge is 2.54. The molecule has 4 nitrogen and oxygen atoms in total. The Morgan fingerprint density at radius 3 is 2.22 bits per heavy atom. The standard InChI is InChI=1S/C19H26O4/c1-11-8-12(2)17(13(3)9-11)16-10-15(23-5)6-7-19(16,14(4)20)18(21)22/h8-9,15-16H,6-7,10H2,1-5H3,(H,21,22). The average molecular weight is 318 g/mol. The van der Waals surface area contributed by atoms with Crippen LogP contribution in [0.4, 0.5) is 0 Å². The van der Waals surface area contributed by atoms with Gasteiger partial charge in [-0.15, -0.1) is 0 Å². The van der Waals surface area contributed by atoms with Crippen molar-refractivity contribution in [3.05, 3.63) is 34.4 Å². The van der Waals surface area contributed by atoms with E-state index in [1.54, 1.807) is 7.11 Å². The first-order valence-electron chi connectivity index (χ1n) is 8.09. The Kier molecular flexibility index (Phi) is 4.95. The molecule has 126 valence electrons. The van der Waals surface area contributed by atoms with Gasteiger partial charge in [-0.2, -0.15) is 0 Å². The molecule has 23 heavy (non-hydrogen) atoms. The molecule has 0 radical (unpaired) electrons. The molecule has 3 unspecified atom stereocenters. The summed E-state index contributed by atoms with van der Waals surface area (Å²) < 4.78 is 5.49. The lowest BCUT2D eigenvalue weighted by Crippen LogP contribution is -2.48. The van der Waals surface area contributed by atoms with E-state index in [2.05, 4.69) is 12.1 Å². The second-order valence-electron chi connectivity index (χ2n) is 6.83. The highest BCUT2D eigenvalue weighted by atomic mass is 16.5. The highest BCUT2D eigenvalue weighted by Crippen LogP contribution is 2.50. The lowest BCUT2D eigenvalue weighted by atomic mass is 9.60. The van der Waals surface area contributed by atoms with Gasteiger partial charge in [-0.3, -0.25) is 9.59 Å². The predicted molar refractivity (Wildman–Crippen MR) is 88.8 cm³/mol. The molecule has 0 heterocycles. The quantitative estimate of drug-likeness (QED) is 0.862. The van der Waals surface area contributed by atoms with Crippen LogP contribution < -0.4 is 0 Å². The first-order chi connectivity index (χ1) is 10.7. The number of ether oxygens (including phenoxy) is 1. The fraction of sp³-hybridized carbons (Fsp3) is 0.579. The zero-order chi connectivity index (χ0) is 17.4. The smallest absolute Gasteiger partial charge is 0.317 e. The minimum absolute atomic E-state index is 0.00747. The van der Waals surface area contributed by atoms with Crippen molar-refractivity contribution < 1.29 is 19.4 Å². The van der Waals surface area contributed by atoms with Gasteiger partial charge in [-0.25, -0.2) is 0 Å². The second-order valence-corrected chi connectivity index (χ2v) is 6.83. The lowest BCUT2D eigenvalue weighted by molar-refractivity contribution is -0.160. The van der Waals surface area contributed by atoms with Gasteiger partial charge in [0.2, 0.25) is 0 Å². The normalized spacial score (nSPS) is 27.7. The number of benzene rings is 1. The topological polar surface area (TPSA) is 63.6 Å². The SMILES string of the molecule is COC1CCC(C(C)=O)(C(=O)O)C(c2c(C)cc(C)cc2C)C1. The van der Waals surface area contributed by atoms with Crippen molar-refractivity contribution in [1.29, 1.82) is 0 Å². The molecule has 0 amide bonds. The first kappa shape index (κ1) is 17.7. The molecule has 0 spiro atoms. The van der Waals surface area contributed by atoms with Crippen molar-refractivity contribution >= 4 is 11.8 Å². The highest BCUT2D eigenvalue weighted by molar-refractivity contribution is 6.03. The fourth-order valence-electron chi connectivity index (χ4n) is 4.29. The van der Waals surface area contributed by atoms with Gasteiger partial charge in [0.25, 0.3) is 0 Å². The van der Waals surface area contributed by atoms with E-state index >= 15 is 0 Å². The van der Waals surface area contributed by atoms with Crippen LogP contribution in [0.1, 0.15) is 54.4 Å². The van der Waals surface area contributed by atoms with Crippen LogP contribution in [0.15, 0.2) is 12.1 Å². The molecule has 0 aromatic heterocycles. The number of hydrogen-bond donors (Lipinski definition) is 1. The van der Waals surface area contributed by atoms with Crippen molar-refractivity contribution in [2.45, 2.75) is 59.0 Å². The maximum Gasteiger partial charge on any atom is 0.317 e. The Morgan fingerprint density at radius 1 is 1.22 bits per heavy atom. The summed E-state index contributed by atoms with van der Waals surface area (Å²) in [5.41, 5.74) is 2.90. The summed E-state index contributed by atoms with van der Waals surface area (Å²) in [5.74, 6) is -1.62. The van der Waals surface area contributed by atoms with Gasteiger partial charge in [0.1, 0.15) is 11.2 Å². The largest absolute Gasteiger partial charge is 0.480 e. The van der Waals surface area contributed by atoms with Gasteiger partial charge < -0.3 is 9.84 Å². The van der Waals surface area contributed by atoms with E-state index in [1.807, 2.05) is 20.8 Å². The Bertz CT molecular complexity index is 595. The molecule has 1 aliphatic carbocycles. The van der Waals surface area contributed by atoms with Crippen molar-refractivity contribution in [2.24, 2.45) is 5.41 Å². The summed E-state index contributed by atoms with van der Waals surface area (Å²) in [5, 5.41) is 9.92. The predicted octanol–water partition coefficient (Wildman–Crippen LogP) is 3.55. The van der Waals surface area contributed by atoms with Crippen LogP contribution in [0, 0.1) is 26.2 Å². The van der Waals surface area contributed by atoms with Gasteiger partial charge in [0, 0.05) is 13.0 Å².